The molecule has 0 saturated heterocycles. The predicted molar refractivity (Wildman–Crippen MR) is 52.8 cm³/mol. The van der Waals surface area contributed by atoms with Crippen LogP contribution in [0.1, 0.15) is 25.7 Å². The monoisotopic (exact) mass is 206 g/mol. The lowest BCUT2D eigenvalue weighted by Gasteiger charge is -2.04. The highest BCUT2D eigenvalue weighted by atomic mass is 32.2. The van der Waals surface area contributed by atoms with Gasteiger partial charge in [-0.1, -0.05) is 12.8 Å². The Morgan fingerprint density at radius 1 is 1.38 bits per heavy atom. The third kappa shape index (κ3) is 5.23. The molecule has 1 aliphatic carbocycles. The fraction of sp³-hybridized carbons (Fsp3) is 1.00. The number of hydrogen-bond acceptors (Lipinski definition) is 3. The smallest absolute Gasteiger partial charge is 0.211 e. The summed E-state index contributed by atoms with van der Waals surface area (Å²) in [5.74, 6) is 0.936. The molecule has 1 saturated carbocycles. The molecule has 1 fully saturated rings. The van der Waals surface area contributed by atoms with Gasteiger partial charge in [-0.3, -0.25) is 0 Å². The van der Waals surface area contributed by atoms with E-state index in [2.05, 4.69) is 4.72 Å². The summed E-state index contributed by atoms with van der Waals surface area (Å²) >= 11 is 0. The Bertz CT molecular complexity index is 235. The Morgan fingerprint density at radius 2 is 2.08 bits per heavy atom. The van der Waals surface area contributed by atoms with Crippen LogP contribution in [-0.4, -0.2) is 27.3 Å². The van der Waals surface area contributed by atoms with Crippen LogP contribution in [0.4, 0.5) is 0 Å². The summed E-state index contributed by atoms with van der Waals surface area (Å²) in [6.45, 7) is 1.03. The summed E-state index contributed by atoms with van der Waals surface area (Å²) in [4.78, 5) is 0. The van der Waals surface area contributed by atoms with Crippen molar-refractivity contribution in [2.75, 3.05) is 18.8 Å². The van der Waals surface area contributed by atoms with Gasteiger partial charge >= 0.3 is 0 Å². The van der Waals surface area contributed by atoms with Crippen LogP contribution < -0.4 is 10.5 Å². The largest absolute Gasteiger partial charge is 0.330 e. The highest BCUT2D eigenvalue weighted by Crippen LogP contribution is 2.31. The van der Waals surface area contributed by atoms with Gasteiger partial charge in [0.15, 0.2) is 0 Å². The minimum atomic E-state index is -3.04. The van der Waals surface area contributed by atoms with Gasteiger partial charge < -0.3 is 5.73 Å². The molecular weight excluding hydrogens is 188 g/mol. The van der Waals surface area contributed by atoms with Crippen molar-refractivity contribution in [2.45, 2.75) is 25.7 Å². The molecular formula is C8H18N2O2S. The van der Waals surface area contributed by atoms with E-state index in [0.717, 1.165) is 12.3 Å². The first-order valence-electron chi connectivity index (χ1n) is 4.81. The maximum atomic E-state index is 11.2. The fourth-order valence-electron chi connectivity index (χ4n) is 1.17. The van der Waals surface area contributed by atoms with Gasteiger partial charge in [-0.05, 0) is 25.3 Å². The Morgan fingerprint density at radius 3 is 2.62 bits per heavy atom. The molecule has 4 nitrogen and oxygen atoms in total. The van der Waals surface area contributed by atoms with Crippen molar-refractivity contribution >= 4 is 10.0 Å². The van der Waals surface area contributed by atoms with Crippen LogP contribution in [0.2, 0.25) is 0 Å². The maximum Gasteiger partial charge on any atom is 0.211 e. The van der Waals surface area contributed by atoms with Crippen LogP contribution in [0, 0.1) is 5.92 Å². The second kappa shape index (κ2) is 4.93. The van der Waals surface area contributed by atoms with Crippen LogP contribution in [0.3, 0.4) is 0 Å². The van der Waals surface area contributed by atoms with Gasteiger partial charge in [-0.15, -0.1) is 0 Å². The lowest BCUT2D eigenvalue weighted by molar-refractivity contribution is 0.573. The minimum Gasteiger partial charge on any atom is -0.330 e. The zero-order valence-electron chi connectivity index (χ0n) is 7.83. The van der Waals surface area contributed by atoms with Gasteiger partial charge in [0.05, 0.1) is 5.75 Å². The van der Waals surface area contributed by atoms with Crippen molar-refractivity contribution in [2.24, 2.45) is 11.7 Å². The molecule has 1 aliphatic rings. The summed E-state index contributed by atoms with van der Waals surface area (Å²) < 4.78 is 25.0. The standard InChI is InChI=1S/C8H18N2O2S/c9-5-1-7-13(11,12)10-6-4-8-2-3-8/h8,10H,1-7,9H2. The summed E-state index contributed by atoms with van der Waals surface area (Å²) in [5.41, 5.74) is 5.23. The number of rotatable bonds is 7. The number of hydrogen-bond donors (Lipinski definition) is 2. The average molecular weight is 206 g/mol. The second-order valence-corrected chi connectivity index (χ2v) is 5.51. The van der Waals surface area contributed by atoms with Gasteiger partial charge in [0.1, 0.15) is 0 Å². The maximum absolute atomic E-state index is 11.2. The lowest BCUT2D eigenvalue weighted by atomic mass is 10.3. The lowest BCUT2D eigenvalue weighted by Crippen LogP contribution is -2.28. The topological polar surface area (TPSA) is 72.2 Å². The quantitative estimate of drug-likeness (QED) is 0.618. The van der Waals surface area contributed by atoms with Gasteiger partial charge in [-0.2, -0.15) is 0 Å². The van der Waals surface area contributed by atoms with Crippen molar-refractivity contribution < 1.29 is 8.42 Å². The predicted octanol–water partition coefficient (Wildman–Crippen LogP) is 0.0547. The van der Waals surface area contributed by atoms with Gasteiger partial charge in [0.2, 0.25) is 10.0 Å². The first-order valence-corrected chi connectivity index (χ1v) is 6.46. The van der Waals surface area contributed by atoms with Crippen LogP contribution in [0.15, 0.2) is 0 Å². The Balaban J connectivity index is 2.09. The number of nitrogens with one attached hydrogen (secondary N) is 1. The van der Waals surface area contributed by atoms with Gasteiger partial charge in [0, 0.05) is 6.54 Å². The molecule has 1 rings (SSSR count). The molecule has 0 unspecified atom stereocenters. The molecule has 0 aromatic rings. The summed E-state index contributed by atoms with van der Waals surface area (Å²) in [7, 11) is -3.04. The second-order valence-electron chi connectivity index (χ2n) is 3.59. The molecule has 0 spiro atoms. The summed E-state index contributed by atoms with van der Waals surface area (Å²) in [6.07, 6.45) is 4.07. The zero-order valence-corrected chi connectivity index (χ0v) is 8.65. The van der Waals surface area contributed by atoms with Crippen LogP contribution in [0.5, 0.6) is 0 Å². The van der Waals surface area contributed by atoms with E-state index in [0.29, 0.717) is 19.5 Å². The molecule has 0 heterocycles. The van der Waals surface area contributed by atoms with Crippen molar-refractivity contribution in [3.63, 3.8) is 0 Å². The highest BCUT2D eigenvalue weighted by Gasteiger charge is 2.21. The molecule has 0 radical (unpaired) electrons. The number of nitrogens with two attached hydrogens (primary N) is 1. The number of sulfonamides is 1. The first-order chi connectivity index (χ1) is 6.14. The average Bonchev–Trinajstić information content (AvgIpc) is 2.84. The van der Waals surface area contributed by atoms with E-state index in [1.54, 1.807) is 0 Å². The van der Waals surface area contributed by atoms with Crippen LogP contribution in [0.25, 0.3) is 0 Å². The van der Waals surface area contributed by atoms with E-state index in [4.69, 9.17) is 5.73 Å². The van der Waals surface area contributed by atoms with E-state index in [1.165, 1.54) is 12.8 Å². The van der Waals surface area contributed by atoms with E-state index in [9.17, 15) is 8.42 Å². The molecule has 3 N–H and O–H groups in total. The van der Waals surface area contributed by atoms with Gasteiger partial charge in [-0.25, -0.2) is 13.1 Å². The Labute approximate surface area is 79.9 Å². The summed E-state index contributed by atoms with van der Waals surface area (Å²) in [6, 6.07) is 0. The molecule has 5 heteroatoms. The SMILES string of the molecule is NCCCS(=O)(=O)NCCC1CC1. The van der Waals surface area contributed by atoms with Crippen LogP contribution >= 0.6 is 0 Å². The van der Waals surface area contributed by atoms with Crippen molar-refractivity contribution in [3.8, 4) is 0 Å². The molecule has 0 amide bonds. The van der Waals surface area contributed by atoms with Crippen molar-refractivity contribution in [1.82, 2.24) is 4.72 Å². The third-order valence-electron chi connectivity index (χ3n) is 2.19. The molecule has 0 aliphatic heterocycles. The molecule has 13 heavy (non-hydrogen) atoms. The molecule has 0 aromatic heterocycles. The highest BCUT2D eigenvalue weighted by molar-refractivity contribution is 7.89. The van der Waals surface area contributed by atoms with Crippen LogP contribution in [-0.2, 0) is 10.0 Å². The normalized spacial score (nSPS) is 17.6. The summed E-state index contributed by atoms with van der Waals surface area (Å²) in [5, 5.41) is 0. The molecule has 0 atom stereocenters. The first kappa shape index (κ1) is 10.9. The van der Waals surface area contributed by atoms with E-state index in [1.807, 2.05) is 0 Å². The third-order valence-corrected chi connectivity index (χ3v) is 3.66. The van der Waals surface area contributed by atoms with E-state index in [-0.39, 0.29) is 5.75 Å². The Kier molecular flexibility index (Phi) is 4.15. The zero-order chi connectivity index (χ0) is 9.73. The molecule has 78 valence electrons. The van der Waals surface area contributed by atoms with E-state index >= 15 is 0 Å². The molecule has 0 aromatic carbocycles. The molecule has 0 bridgehead atoms. The van der Waals surface area contributed by atoms with Gasteiger partial charge in [0.25, 0.3) is 0 Å². The van der Waals surface area contributed by atoms with Crippen molar-refractivity contribution in [3.05, 3.63) is 0 Å². The van der Waals surface area contributed by atoms with E-state index < -0.39 is 10.0 Å². The fourth-order valence-corrected chi connectivity index (χ4v) is 2.29. The Hall–Kier alpha value is -0.130. The van der Waals surface area contributed by atoms with Crippen molar-refractivity contribution in [1.29, 1.82) is 0 Å². The minimum absolute atomic E-state index is 0.161.